The Morgan fingerprint density at radius 1 is 1.12 bits per heavy atom. The van der Waals surface area contributed by atoms with Crippen LogP contribution in [0.2, 0.25) is 0 Å². The van der Waals surface area contributed by atoms with Crippen molar-refractivity contribution in [3.8, 4) is 0 Å². The lowest BCUT2D eigenvalue weighted by atomic mass is 10.0. The Morgan fingerprint density at radius 3 is 2.50 bits per heavy atom. The van der Waals surface area contributed by atoms with Crippen molar-refractivity contribution in [2.75, 3.05) is 7.11 Å². The van der Waals surface area contributed by atoms with Crippen LogP contribution in [0.3, 0.4) is 0 Å². The minimum atomic E-state index is -0.901. The van der Waals surface area contributed by atoms with E-state index in [0.717, 1.165) is 22.9 Å². The number of fused-ring (bicyclic) bond motifs is 1. The summed E-state index contributed by atoms with van der Waals surface area (Å²) in [5, 5.41) is 14.9. The Balaban J connectivity index is 1.94. The minimum Gasteiger partial charge on any atom is -0.467 e. The second-order valence-electron chi connectivity index (χ2n) is 7.42. The number of nitro groups is 1. The zero-order valence-corrected chi connectivity index (χ0v) is 18.6. The van der Waals surface area contributed by atoms with E-state index >= 15 is 0 Å². The number of benzene rings is 2. The highest BCUT2D eigenvalue weighted by Gasteiger charge is 2.31. The van der Waals surface area contributed by atoms with E-state index in [4.69, 9.17) is 4.74 Å². The van der Waals surface area contributed by atoms with E-state index in [1.807, 2.05) is 24.3 Å². The van der Waals surface area contributed by atoms with Crippen molar-refractivity contribution in [2.45, 2.75) is 30.8 Å². The molecule has 0 spiro atoms. The van der Waals surface area contributed by atoms with Gasteiger partial charge >= 0.3 is 5.97 Å². The lowest BCUT2D eigenvalue weighted by Gasteiger charge is -2.24. The van der Waals surface area contributed by atoms with Gasteiger partial charge in [0.05, 0.1) is 12.0 Å². The van der Waals surface area contributed by atoms with Crippen LogP contribution in [0.15, 0.2) is 59.6 Å². The maximum absolute atomic E-state index is 13.3. The van der Waals surface area contributed by atoms with E-state index in [-0.39, 0.29) is 11.6 Å². The molecule has 0 aliphatic carbocycles. The Morgan fingerprint density at radius 2 is 1.81 bits per heavy atom. The monoisotopic (exact) mass is 456 g/mol. The summed E-state index contributed by atoms with van der Waals surface area (Å²) >= 11 is 0.986. The molecular formula is C22H24N4O5S. The molecule has 3 aromatic rings. The van der Waals surface area contributed by atoms with E-state index in [2.05, 4.69) is 15.0 Å². The summed E-state index contributed by atoms with van der Waals surface area (Å²) in [7, 11) is 1.27. The number of H-pyrrole nitrogens is 1. The Hall–Kier alpha value is -3.37. The summed E-state index contributed by atoms with van der Waals surface area (Å²) in [4.78, 5) is 39.9. The van der Waals surface area contributed by atoms with Gasteiger partial charge in [0.1, 0.15) is 17.0 Å². The number of methoxy groups -OCH3 is 1. The summed E-state index contributed by atoms with van der Waals surface area (Å²) < 4.78 is 7.88. The van der Waals surface area contributed by atoms with Crippen LogP contribution in [0.1, 0.15) is 25.5 Å². The van der Waals surface area contributed by atoms with Gasteiger partial charge in [-0.1, -0.05) is 44.2 Å². The highest BCUT2D eigenvalue weighted by atomic mass is 32.2. The topological polar surface area (TPSA) is 126 Å². The van der Waals surface area contributed by atoms with E-state index in [0.29, 0.717) is 10.5 Å². The Kier molecular flexibility index (Phi) is 7.49. The number of ether oxygens (including phenoxy) is 1. The number of para-hydroxylation sites is 2. The summed E-state index contributed by atoms with van der Waals surface area (Å²) in [6.07, 6.45) is 1.71. The molecule has 1 heterocycles. The standard InChI is InChI=1S/C22H24N4O5S/c1-13(2)19(22(28)31-3)24-21(27)20(15-12-23-16-9-5-4-8-14(15)16)25-32-18-11-7-6-10-17(18)26(29)30/h4-13,19-20,23,25H,1-3H3,(H,24,27)/t19-,20-/m0/s1. The SMILES string of the molecule is COC(=O)[C@@H](NC(=O)[C@@H](NSc1ccccc1[N+](=O)[O-])c1c[nH]c2ccccc12)C(C)C. The van der Waals surface area contributed by atoms with Gasteiger partial charge in [0, 0.05) is 28.7 Å². The van der Waals surface area contributed by atoms with Crippen molar-refractivity contribution in [3.05, 3.63) is 70.4 Å². The van der Waals surface area contributed by atoms with Crippen LogP contribution in [0.4, 0.5) is 5.69 Å². The van der Waals surface area contributed by atoms with Gasteiger partial charge in [0.2, 0.25) is 5.91 Å². The maximum atomic E-state index is 13.3. The zero-order valence-electron chi connectivity index (χ0n) is 17.8. The fourth-order valence-corrected chi connectivity index (χ4v) is 4.14. The molecule has 3 N–H and O–H groups in total. The van der Waals surface area contributed by atoms with Crippen LogP contribution in [0, 0.1) is 16.0 Å². The van der Waals surface area contributed by atoms with Gasteiger partial charge in [-0.15, -0.1) is 0 Å². The van der Waals surface area contributed by atoms with Crippen molar-refractivity contribution in [1.29, 1.82) is 0 Å². The van der Waals surface area contributed by atoms with Crippen molar-refractivity contribution in [1.82, 2.24) is 15.0 Å². The number of aromatic nitrogens is 1. The molecule has 9 nitrogen and oxygen atoms in total. The molecule has 2 atom stereocenters. The molecule has 0 fully saturated rings. The number of aromatic amines is 1. The van der Waals surface area contributed by atoms with Crippen LogP contribution >= 0.6 is 11.9 Å². The van der Waals surface area contributed by atoms with Gasteiger partial charge in [-0.25, -0.2) is 9.52 Å². The molecule has 2 aromatic carbocycles. The first kappa shape index (κ1) is 23.3. The number of amides is 1. The quantitative estimate of drug-likeness (QED) is 0.194. The van der Waals surface area contributed by atoms with Gasteiger partial charge in [-0.2, -0.15) is 0 Å². The molecule has 0 saturated heterocycles. The molecule has 32 heavy (non-hydrogen) atoms. The number of esters is 1. The van der Waals surface area contributed by atoms with Crippen LogP contribution in [0.25, 0.3) is 10.9 Å². The minimum absolute atomic E-state index is 0.0716. The normalized spacial score (nSPS) is 13.0. The lowest BCUT2D eigenvalue weighted by molar-refractivity contribution is -0.387. The number of hydrogen-bond donors (Lipinski definition) is 3. The van der Waals surface area contributed by atoms with Crippen molar-refractivity contribution in [2.24, 2.45) is 5.92 Å². The van der Waals surface area contributed by atoms with Gasteiger partial charge in [-0.3, -0.25) is 14.9 Å². The summed E-state index contributed by atoms with van der Waals surface area (Å²) in [6, 6.07) is 12.0. The highest BCUT2D eigenvalue weighted by molar-refractivity contribution is 7.97. The molecule has 3 rings (SSSR count). The zero-order chi connectivity index (χ0) is 23.3. The predicted molar refractivity (Wildman–Crippen MR) is 122 cm³/mol. The molecule has 0 saturated carbocycles. The third kappa shape index (κ3) is 5.09. The van der Waals surface area contributed by atoms with E-state index in [1.54, 1.807) is 38.2 Å². The van der Waals surface area contributed by atoms with E-state index in [1.165, 1.54) is 13.2 Å². The summed E-state index contributed by atoms with van der Waals surface area (Å²) in [5.41, 5.74) is 1.42. The van der Waals surface area contributed by atoms with Gasteiger partial charge in [0.25, 0.3) is 5.69 Å². The fourth-order valence-electron chi connectivity index (χ4n) is 3.27. The molecule has 1 aromatic heterocycles. The first-order chi connectivity index (χ1) is 15.3. The molecule has 1 amide bonds. The molecule has 0 unspecified atom stereocenters. The third-order valence-corrected chi connectivity index (χ3v) is 5.88. The largest absolute Gasteiger partial charge is 0.467 e. The Labute approximate surface area is 189 Å². The molecule has 168 valence electrons. The van der Waals surface area contributed by atoms with Crippen LogP contribution in [-0.4, -0.2) is 34.9 Å². The molecule has 0 radical (unpaired) electrons. The molecule has 10 heteroatoms. The fraction of sp³-hybridized carbons (Fsp3) is 0.273. The molecular weight excluding hydrogens is 432 g/mol. The maximum Gasteiger partial charge on any atom is 0.328 e. The molecule has 0 aliphatic rings. The van der Waals surface area contributed by atoms with Gasteiger partial charge in [0.15, 0.2) is 0 Å². The lowest BCUT2D eigenvalue weighted by Crippen LogP contribution is -2.48. The first-order valence-corrected chi connectivity index (χ1v) is 10.7. The Bertz CT molecular complexity index is 1130. The number of nitrogens with zero attached hydrogens (tertiary/aromatic N) is 1. The second kappa shape index (κ2) is 10.3. The summed E-state index contributed by atoms with van der Waals surface area (Å²) in [6.45, 7) is 3.61. The number of hydrogen-bond acceptors (Lipinski definition) is 7. The summed E-state index contributed by atoms with van der Waals surface area (Å²) in [5.74, 6) is -1.19. The number of nitro benzene ring substituents is 1. The number of carbonyl (C=O) groups excluding carboxylic acids is 2. The van der Waals surface area contributed by atoms with Crippen molar-refractivity contribution >= 4 is 40.4 Å². The average Bonchev–Trinajstić information content (AvgIpc) is 3.21. The van der Waals surface area contributed by atoms with Gasteiger partial charge < -0.3 is 15.0 Å². The predicted octanol–water partition coefficient (Wildman–Crippen LogP) is 3.73. The average molecular weight is 457 g/mol. The number of rotatable bonds is 9. The molecule has 0 aliphatic heterocycles. The smallest absolute Gasteiger partial charge is 0.328 e. The van der Waals surface area contributed by atoms with Crippen molar-refractivity contribution < 1.29 is 19.2 Å². The van der Waals surface area contributed by atoms with Crippen LogP contribution < -0.4 is 10.0 Å². The van der Waals surface area contributed by atoms with Gasteiger partial charge in [-0.05, 0) is 30.0 Å². The highest BCUT2D eigenvalue weighted by Crippen LogP contribution is 2.31. The molecule has 0 bridgehead atoms. The van der Waals surface area contributed by atoms with E-state index in [9.17, 15) is 19.7 Å². The van der Waals surface area contributed by atoms with Crippen LogP contribution in [0.5, 0.6) is 0 Å². The van der Waals surface area contributed by atoms with Crippen molar-refractivity contribution in [3.63, 3.8) is 0 Å². The van der Waals surface area contributed by atoms with E-state index < -0.39 is 28.9 Å². The number of carbonyl (C=O) groups is 2. The second-order valence-corrected chi connectivity index (χ2v) is 8.30. The number of nitrogens with one attached hydrogen (secondary N) is 3. The first-order valence-electron chi connectivity index (χ1n) is 9.93. The van der Waals surface area contributed by atoms with Crippen LogP contribution in [-0.2, 0) is 14.3 Å². The third-order valence-electron chi connectivity index (χ3n) is 4.96.